The number of carbonyl (C=O) groups excluding carboxylic acids is 1. The number of hydrogen-bond acceptors (Lipinski definition) is 5. The molecule has 0 fully saturated rings. The van der Waals surface area contributed by atoms with E-state index in [2.05, 4.69) is 25.2 Å². The van der Waals surface area contributed by atoms with E-state index in [9.17, 15) is 20.0 Å². The molecule has 2 heterocycles. The van der Waals surface area contributed by atoms with Crippen molar-refractivity contribution in [3.8, 4) is 5.75 Å². The Balaban J connectivity index is 1.91. The van der Waals surface area contributed by atoms with Crippen LogP contribution < -0.4 is 10.2 Å². The highest BCUT2D eigenvalue weighted by molar-refractivity contribution is 5.92. The van der Waals surface area contributed by atoms with Crippen molar-refractivity contribution < 1.29 is 14.8 Å². The number of phenols is 1. The lowest BCUT2D eigenvalue weighted by Gasteiger charge is -2.30. The standard InChI is InChI=1S/C23H25N3O4/c1-5-24-22(28)21-16(15-11-14(26(29)30)7-9-19(15)27)12-20-23(3,4)17-10-13(2)6-8-18(17)25(20)21/h6-12,16,21,27H,5H2,1-4H3,(H,24,28)/t16-,21+/m0/s1. The molecule has 7 nitrogen and oxygen atoms in total. The average molecular weight is 407 g/mol. The molecule has 0 spiro atoms. The zero-order valence-electron chi connectivity index (χ0n) is 17.5. The third-order valence-electron chi connectivity index (χ3n) is 6.14. The Hall–Kier alpha value is -3.35. The summed E-state index contributed by atoms with van der Waals surface area (Å²) in [5, 5.41) is 24.7. The van der Waals surface area contributed by atoms with Crippen molar-refractivity contribution in [3.05, 3.63) is 75.0 Å². The Labute approximate surface area is 175 Å². The second-order valence-corrected chi connectivity index (χ2v) is 8.43. The number of phenolic OH excluding ortho intramolecular Hbond substituents is 1. The molecule has 4 rings (SSSR count). The molecule has 2 atom stereocenters. The van der Waals surface area contributed by atoms with E-state index in [0.717, 1.165) is 22.5 Å². The number of likely N-dealkylation sites (N-methyl/N-ethyl adjacent to an activating group) is 1. The lowest BCUT2D eigenvalue weighted by molar-refractivity contribution is -0.385. The fourth-order valence-electron chi connectivity index (χ4n) is 4.68. The molecule has 7 heteroatoms. The summed E-state index contributed by atoms with van der Waals surface area (Å²) in [6, 6.07) is 9.51. The van der Waals surface area contributed by atoms with E-state index in [1.807, 2.05) is 37.0 Å². The Bertz CT molecular complexity index is 1090. The number of amides is 1. The van der Waals surface area contributed by atoms with Gasteiger partial charge in [-0.25, -0.2) is 0 Å². The first-order chi connectivity index (χ1) is 14.2. The van der Waals surface area contributed by atoms with Crippen molar-refractivity contribution in [3.63, 3.8) is 0 Å². The number of allylic oxidation sites excluding steroid dienone is 1. The van der Waals surface area contributed by atoms with Gasteiger partial charge in [0.1, 0.15) is 11.8 Å². The van der Waals surface area contributed by atoms with Crippen LogP contribution in [-0.2, 0) is 10.2 Å². The summed E-state index contributed by atoms with van der Waals surface area (Å²) in [4.78, 5) is 26.0. The summed E-state index contributed by atoms with van der Waals surface area (Å²) in [6.45, 7) is 8.59. The lowest BCUT2D eigenvalue weighted by Crippen LogP contribution is -2.46. The van der Waals surface area contributed by atoms with Crippen LogP contribution >= 0.6 is 0 Å². The second kappa shape index (κ2) is 6.86. The molecule has 2 aromatic carbocycles. The Morgan fingerprint density at radius 1 is 1.27 bits per heavy atom. The Kier molecular flexibility index (Phi) is 4.56. The first-order valence-corrected chi connectivity index (χ1v) is 10.0. The van der Waals surface area contributed by atoms with E-state index >= 15 is 0 Å². The Morgan fingerprint density at radius 2 is 2.00 bits per heavy atom. The molecule has 0 saturated heterocycles. The molecule has 2 aliphatic rings. The number of carbonyl (C=O) groups is 1. The summed E-state index contributed by atoms with van der Waals surface area (Å²) >= 11 is 0. The number of anilines is 1. The Morgan fingerprint density at radius 3 is 2.67 bits per heavy atom. The molecule has 0 aliphatic carbocycles. The molecule has 30 heavy (non-hydrogen) atoms. The number of non-ortho nitro benzene ring substituents is 1. The van der Waals surface area contributed by atoms with E-state index in [1.54, 1.807) is 0 Å². The molecule has 2 aliphatic heterocycles. The van der Waals surface area contributed by atoms with Crippen molar-refractivity contribution >= 4 is 17.3 Å². The quantitative estimate of drug-likeness (QED) is 0.592. The predicted molar refractivity (Wildman–Crippen MR) is 115 cm³/mol. The van der Waals surface area contributed by atoms with Gasteiger partial charge in [0.05, 0.1) is 4.92 Å². The third-order valence-corrected chi connectivity index (χ3v) is 6.14. The predicted octanol–water partition coefficient (Wildman–Crippen LogP) is 3.89. The van der Waals surface area contributed by atoms with E-state index in [1.165, 1.54) is 18.2 Å². The number of nitro benzene ring substituents is 1. The molecule has 0 unspecified atom stereocenters. The van der Waals surface area contributed by atoms with Crippen molar-refractivity contribution in [2.45, 2.75) is 45.1 Å². The van der Waals surface area contributed by atoms with Crippen molar-refractivity contribution in [1.82, 2.24) is 5.32 Å². The summed E-state index contributed by atoms with van der Waals surface area (Å²) in [5.41, 5.74) is 4.15. The topological polar surface area (TPSA) is 95.7 Å². The number of nitro groups is 1. The average Bonchev–Trinajstić information content (AvgIpc) is 3.17. The smallest absolute Gasteiger partial charge is 0.269 e. The maximum absolute atomic E-state index is 13.2. The van der Waals surface area contributed by atoms with Gasteiger partial charge in [-0.05, 0) is 31.5 Å². The fourth-order valence-corrected chi connectivity index (χ4v) is 4.68. The highest BCUT2D eigenvalue weighted by Gasteiger charge is 2.51. The van der Waals surface area contributed by atoms with Gasteiger partial charge in [0, 0.05) is 47.0 Å². The van der Waals surface area contributed by atoms with Crippen LogP contribution in [0.5, 0.6) is 5.75 Å². The second-order valence-electron chi connectivity index (χ2n) is 8.43. The first kappa shape index (κ1) is 19.9. The normalized spacial score (nSPS) is 21.1. The number of benzene rings is 2. The van der Waals surface area contributed by atoms with Gasteiger partial charge in [-0.15, -0.1) is 0 Å². The number of nitrogens with one attached hydrogen (secondary N) is 1. The van der Waals surface area contributed by atoms with Crippen LogP contribution in [0.15, 0.2) is 48.2 Å². The van der Waals surface area contributed by atoms with Crippen LogP contribution in [0, 0.1) is 17.0 Å². The molecule has 0 radical (unpaired) electrons. The van der Waals surface area contributed by atoms with Gasteiger partial charge in [0.15, 0.2) is 0 Å². The molecule has 0 aromatic heterocycles. The lowest BCUT2D eigenvalue weighted by atomic mass is 9.81. The van der Waals surface area contributed by atoms with Gasteiger partial charge in [-0.3, -0.25) is 14.9 Å². The molecular formula is C23H25N3O4. The minimum absolute atomic E-state index is 0.0557. The molecule has 0 bridgehead atoms. The van der Waals surface area contributed by atoms with Crippen molar-refractivity contribution in [2.75, 3.05) is 11.4 Å². The van der Waals surface area contributed by atoms with Crippen molar-refractivity contribution in [1.29, 1.82) is 0 Å². The highest BCUT2D eigenvalue weighted by atomic mass is 16.6. The van der Waals surface area contributed by atoms with Gasteiger partial charge in [0.2, 0.25) is 5.91 Å². The zero-order chi connectivity index (χ0) is 21.8. The molecule has 2 aromatic rings. The number of aromatic hydroxyl groups is 1. The zero-order valence-corrected chi connectivity index (χ0v) is 17.5. The number of rotatable bonds is 4. The molecular weight excluding hydrogens is 382 g/mol. The van der Waals surface area contributed by atoms with Crippen molar-refractivity contribution in [2.24, 2.45) is 0 Å². The summed E-state index contributed by atoms with van der Waals surface area (Å²) < 4.78 is 0. The van der Waals surface area contributed by atoms with Gasteiger partial charge in [-0.2, -0.15) is 0 Å². The van der Waals surface area contributed by atoms with E-state index in [0.29, 0.717) is 12.1 Å². The first-order valence-electron chi connectivity index (χ1n) is 10.0. The van der Waals surface area contributed by atoms with Crippen LogP contribution in [-0.4, -0.2) is 28.5 Å². The van der Waals surface area contributed by atoms with Crippen LogP contribution in [0.3, 0.4) is 0 Å². The van der Waals surface area contributed by atoms with Gasteiger partial charge >= 0.3 is 0 Å². The monoisotopic (exact) mass is 407 g/mol. The van der Waals surface area contributed by atoms with Gasteiger partial charge in [0.25, 0.3) is 5.69 Å². The number of fused-ring (bicyclic) bond motifs is 3. The van der Waals surface area contributed by atoms with Crippen LogP contribution in [0.2, 0.25) is 0 Å². The number of hydrogen-bond donors (Lipinski definition) is 2. The highest BCUT2D eigenvalue weighted by Crippen LogP contribution is 2.55. The molecule has 1 amide bonds. The maximum atomic E-state index is 13.2. The fraction of sp³-hybridized carbons (Fsp3) is 0.348. The van der Waals surface area contributed by atoms with E-state index < -0.39 is 16.9 Å². The third kappa shape index (κ3) is 2.84. The molecule has 0 saturated carbocycles. The summed E-state index contributed by atoms with van der Waals surface area (Å²) in [5.74, 6) is -0.746. The van der Waals surface area contributed by atoms with Crippen LogP contribution in [0.1, 0.15) is 43.4 Å². The number of nitrogens with zero attached hydrogens (tertiary/aromatic N) is 2. The molecule has 2 N–H and O–H groups in total. The molecule has 156 valence electrons. The number of aryl methyl sites for hydroxylation is 1. The van der Waals surface area contributed by atoms with Gasteiger partial charge < -0.3 is 15.3 Å². The van der Waals surface area contributed by atoms with Crippen LogP contribution in [0.25, 0.3) is 0 Å². The SMILES string of the molecule is CCNC(=O)[C@H]1[C@H](c2cc([N+](=O)[O-])ccc2O)C=C2N1c1ccc(C)cc1C2(C)C. The van der Waals surface area contributed by atoms with Gasteiger partial charge in [-0.1, -0.05) is 37.6 Å². The van der Waals surface area contributed by atoms with Crippen LogP contribution in [0.4, 0.5) is 11.4 Å². The van der Waals surface area contributed by atoms with E-state index in [4.69, 9.17) is 0 Å². The summed E-state index contributed by atoms with van der Waals surface area (Å²) in [7, 11) is 0. The minimum atomic E-state index is -0.643. The largest absolute Gasteiger partial charge is 0.508 e. The summed E-state index contributed by atoms with van der Waals surface area (Å²) in [6.07, 6.45) is 1.98. The minimum Gasteiger partial charge on any atom is -0.508 e. The maximum Gasteiger partial charge on any atom is 0.269 e. The van der Waals surface area contributed by atoms with E-state index in [-0.39, 0.29) is 22.8 Å².